The van der Waals surface area contributed by atoms with Crippen LogP contribution >= 0.6 is 15.9 Å². The number of esters is 1. The zero-order valence-electron chi connectivity index (χ0n) is 12.7. The third kappa shape index (κ3) is 5.38. The lowest BCUT2D eigenvalue weighted by atomic mass is 10.1. The number of halogens is 1. The first-order chi connectivity index (χ1) is 9.85. The molecule has 116 valence electrons. The summed E-state index contributed by atoms with van der Waals surface area (Å²) in [6.07, 6.45) is -0.0481. The van der Waals surface area contributed by atoms with Gasteiger partial charge in [0.25, 0.3) is 5.91 Å². The van der Waals surface area contributed by atoms with E-state index in [0.717, 1.165) is 4.47 Å². The third-order valence-electron chi connectivity index (χ3n) is 2.55. The standard InChI is InChI=1S/C15H20BrNO4/c1-5-20-14(18)9-17(4)15(19)12-8-11(16)6-7-13(12)21-10(2)3/h6-8,10H,5,9H2,1-4H3. The molecule has 0 aromatic heterocycles. The quantitative estimate of drug-likeness (QED) is 0.734. The molecule has 0 bridgehead atoms. The molecule has 0 heterocycles. The Bertz CT molecular complexity index is 516. The van der Waals surface area contributed by atoms with Crippen LogP contribution < -0.4 is 4.74 Å². The van der Waals surface area contributed by atoms with Crippen LogP contribution in [0.5, 0.6) is 5.75 Å². The summed E-state index contributed by atoms with van der Waals surface area (Å²) >= 11 is 3.34. The maximum atomic E-state index is 12.5. The molecule has 0 saturated carbocycles. The van der Waals surface area contributed by atoms with Crippen molar-refractivity contribution in [1.29, 1.82) is 0 Å². The van der Waals surface area contributed by atoms with E-state index in [2.05, 4.69) is 15.9 Å². The molecule has 0 atom stereocenters. The van der Waals surface area contributed by atoms with Gasteiger partial charge in [-0.3, -0.25) is 9.59 Å². The van der Waals surface area contributed by atoms with Crippen LogP contribution in [0.1, 0.15) is 31.1 Å². The SMILES string of the molecule is CCOC(=O)CN(C)C(=O)c1cc(Br)ccc1OC(C)C. The smallest absolute Gasteiger partial charge is 0.325 e. The van der Waals surface area contributed by atoms with E-state index in [4.69, 9.17) is 9.47 Å². The molecule has 1 rings (SSSR count). The summed E-state index contributed by atoms with van der Waals surface area (Å²) in [5.41, 5.74) is 0.407. The van der Waals surface area contributed by atoms with Gasteiger partial charge in [-0.05, 0) is 39.0 Å². The summed E-state index contributed by atoms with van der Waals surface area (Å²) in [4.78, 5) is 25.2. The van der Waals surface area contributed by atoms with Gasteiger partial charge in [0.2, 0.25) is 0 Å². The van der Waals surface area contributed by atoms with E-state index in [1.54, 1.807) is 32.2 Å². The van der Waals surface area contributed by atoms with Crippen LogP contribution in [0.3, 0.4) is 0 Å². The summed E-state index contributed by atoms with van der Waals surface area (Å²) in [5.74, 6) is -0.233. The second-order valence-corrected chi connectivity index (χ2v) is 5.69. The zero-order chi connectivity index (χ0) is 16.0. The second kappa shape index (κ2) is 8.02. The van der Waals surface area contributed by atoms with Gasteiger partial charge in [0, 0.05) is 11.5 Å². The van der Waals surface area contributed by atoms with E-state index < -0.39 is 5.97 Å². The van der Waals surface area contributed by atoms with E-state index >= 15 is 0 Å². The van der Waals surface area contributed by atoms with Crippen LogP contribution in [0.15, 0.2) is 22.7 Å². The number of amides is 1. The monoisotopic (exact) mass is 357 g/mol. The molecule has 1 aromatic carbocycles. The molecule has 1 aromatic rings. The van der Waals surface area contributed by atoms with E-state index in [0.29, 0.717) is 17.9 Å². The molecule has 1 amide bonds. The number of rotatable bonds is 6. The number of carbonyl (C=O) groups excluding carboxylic acids is 2. The number of hydrogen-bond donors (Lipinski definition) is 0. The van der Waals surface area contributed by atoms with Crippen LogP contribution in [-0.2, 0) is 9.53 Å². The van der Waals surface area contributed by atoms with Crippen molar-refractivity contribution in [2.45, 2.75) is 26.9 Å². The number of nitrogens with zero attached hydrogens (tertiary/aromatic N) is 1. The van der Waals surface area contributed by atoms with E-state index in [9.17, 15) is 9.59 Å². The lowest BCUT2D eigenvalue weighted by Crippen LogP contribution is -2.33. The minimum Gasteiger partial charge on any atom is -0.490 e. The van der Waals surface area contributed by atoms with Gasteiger partial charge in [0.1, 0.15) is 12.3 Å². The van der Waals surface area contributed by atoms with Gasteiger partial charge >= 0.3 is 5.97 Å². The molecule has 0 unspecified atom stereocenters. The fourth-order valence-electron chi connectivity index (χ4n) is 1.70. The number of carbonyl (C=O) groups is 2. The van der Waals surface area contributed by atoms with E-state index in [1.807, 2.05) is 13.8 Å². The Balaban J connectivity index is 2.94. The molecule has 5 nitrogen and oxygen atoms in total. The van der Waals surface area contributed by atoms with Crippen molar-refractivity contribution < 1.29 is 19.1 Å². The Morgan fingerprint density at radius 3 is 2.57 bits per heavy atom. The van der Waals surface area contributed by atoms with Crippen LogP contribution in [0.25, 0.3) is 0 Å². The van der Waals surface area contributed by atoms with Crippen molar-refractivity contribution in [2.24, 2.45) is 0 Å². The zero-order valence-corrected chi connectivity index (χ0v) is 14.3. The number of ether oxygens (including phenoxy) is 2. The fraction of sp³-hybridized carbons (Fsp3) is 0.467. The van der Waals surface area contributed by atoms with Gasteiger partial charge in [-0.1, -0.05) is 15.9 Å². The first kappa shape index (κ1) is 17.5. The molecular formula is C15H20BrNO4. The molecule has 0 saturated heterocycles. The Labute approximate surface area is 133 Å². The maximum absolute atomic E-state index is 12.5. The average molecular weight is 358 g/mol. The highest BCUT2D eigenvalue weighted by molar-refractivity contribution is 9.10. The van der Waals surface area contributed by atoms with Gasteiger partial charge in [-0.2, -0.15) is 0 Å². The molecule has 6 heteroatoms. The summed E-state index contributed by atoms with van der Waals surface area (Å²) < 4.78 is 11.3. The van der Waals surface area contributed by atoms with Gasteiger partial charge in [0.05, 0.1) is 18.3 Å². The molecule has 0 aliphatic rings. The highest BCUT2D eigenvalue weighted by Gasteiger charge is 2.20. The van der Waals surface area contributed by atoms with Crippen LogP contribution in [-0.4, -0.2) is 43.1 Å². The van der Waals surface area contributed by atoms with Crippen LogP contribution in [0.2, 0.25) is 0 Å². The average Bonchev–Trinajstić information content (AvgIpc) is 2.39. The largest absolute Gasteiger partial charge is 0.490 e. The van der Waals surface area contributed by atoms with E-state index in [-0.39, 0.29) is 18.6 Å². The Kier molecular flexibility index (Phi) is 6.68. The molecule has 0 aliphatic heterocycles. The first-order valence-electron chi connectivity index (χ1n) is 6.72. The van der Waals surface area contributed by atoms with Crippen molar-refractivity contribution in [3.05, 3.63) is 28.2 Å². The highest BCUT2D eigenvalue weighted by atomic mass is 79.9. The third-order valence-corrected chi connectivity index (χ3v) is 3.05. The maximum Gasteiger partial charge on any atom is 0.325 e. The van der Waals surface area contributed by atoms with Gasteiger partial charge in [-0.25, -0.2) is 0 Å². The van der Waals surface area contributed by atoms with Gasteiger partial charge < -0.3 is 14.4 Å². The Hall–Kier alpha value is -1.56. The predicted molar refractivity (Wildman–Crippen MR) is 83.5 cm³/mol. The predicted octanol–water partition coefficient (Wildman–Crippen LogP) is 2.87. The van der Waals surface area contributed by atoms with Gasteiger partial charge in [-0.15, -0.1) is 0 Å². The lowest BCUT2D eigenvalue weighted by Gasteiger charge is -2.19. The molecule has 0 spiro atoms. The molecule has 0 radical (unpaired) electrons. The lowest BCUT2D eigenvalue weighted by molar-refractivity contribution is -0.143. The summed E-state index contributed by atoms with van der Waals surface area (Å²) in [6.45, 7) is 5.69. The minimum absolute atomic E-state index is 0.0481. The molecule has 21 heavy (non-hydrogen) atoms. The van der Waals surface area contributed by atoms with Crippen LogP contribution in [0, 0.1) is 0 Å². The number of benzene rings is 1. The Morgan fingerprint density at radius 2 is 2.00 bits per heavy atom. The number of hydrogen-bond acceptors (Lipinski definition) is 4. The summed E-state index contributed by atoms with van der Waals surface area (Å²) in [7, 11) is 1.55. The number of likely N-dealkylation sites (N-methyl/N-ethyl adjacent to an activating group) is 1. The second-order valence-electron chi connectivity index (χ2n) is 4.77. The topological polar surface area (TPSA) is 55.8 Å². The van der Waals surface area contributed by atoms with Crippen molar-refractivity contribution in [3.63, 3.8) is 0 Å². The van der Waals surface area contributed by atoms with Crippen LogP contribution in [0.4, 0.5) is 0 Å². The summed E-state index contributed by atoms with van der Waals surface area (Å²) in [5, 5.41) is 0. The molecular weight excluding hydrogens is 338 g/mol. The van der Waals surface area contributed by atoms with Crippen molar-refractivity contribution in [2.75, 3.05) is 20.2 Å². The highest BCUT2D eigenvalue weighted by Crippen LogP contribution is 2.25. The van der Waals surface area contributed by atoms with Gasteiger partial charge in [0.15, 0.2) is 0 Å². The normalized spacial score (nSPS) is 10.4. The van der Waals surface area contributed by atoms with Crippen molar-refractivity contribution in [1.82, 2.24) is 4.90 Å². The molecule has 0 N–H and O–H groups in total. The summed E-state index contributed by atoms with van der Waals surface area (Å²) in [6, 6.07) is 5.22. The molecule has 0 fully saturated rings. The van der Waals surface area contributed by atoms with Crippen molar-refractivity contribution >= 4 is 27.8 Å². The first-order valence-corrected chi connectivity index (χ1v) is 7.51. The minimum atomic E-state index is -0.435. The van der Waals surface area contributed by atoms with Crippen molar-refractivity contribution in [3.8, 4) is 5.75 Å². The van der Waals surface area contributed by atoms with E-state index in [1.165, 1.54) is 4.90 Å². The fourth-order valence-corrected chi connectivity index (χ4v) is 2.06. The molecule has 0 aliphatic carbocycles. The Morgan fingerprint density at radius 1 is 1.33 bits per heavy atom.